The predicted octanol–water partition coefficient (Wildman–Crippen LogP) is 3.74. The maximum absolute atomic E-state index is 12.0. The molecule has 0 bridgehead atoms. The van der Waals surface area contributed by atoms with Crippen LogP contribution in [0.4, 0.5) is 0 Å². The van der Waals surface area contributed by atoms with Gasteiger partial charge in [-0.15, -0.1) is 0 Å². The van der Waals surface area contributed by atoms with E-state index in [0.717, 1.165) is 5.56 Å². The molecule has 0 saturated heterocycles. The summed E-state index contributed by atoms with van der Waals surface area (Å²) in [7, 11) is 0. The van der Waals surface area contributed by atoms with Crippen LogP contribution in [0, 0.1) is 4.64 Å². The van der Waals surface area contributed by atoms with Crippen LogP contribution in [0.25, 0.3) is 0 Å². The van der Waals surface area contributed by atoms with Crippen molar-refractivity contribution in [2.45, 2.75) is 9.96 Å². The molecular formula is C13H10Cl3N3OS2. The summed E-state index contributed by atoms with van der Waals surface area (Å²) >= 11 is 28.1. The zero-order chi connectivity index (χ0) is 16.3. The van der Waals surface area contributed by atoms with Gasteiger partial charge in [0.1, 0.15) is 9.63 Å². The molecule has 9 heteroatoms. The molecule has 4 nitrogen and oxygen atoms in total. The van der Waals surface area contributed by atoms with Crippen LogP contribution in [0.5, 0.6) is 0 Å². The van der Waals surface area contributed by atoms with Gasteiger partial charge in [-0.05, 0) is 6.07 Å². The number of H-pyrrole nitrogens is 1. The summed E-state index contributed by atoms with van der Waals surface area (Å²) in [5.74, 6) is 0. The summed E-state index contributed by atoms with van der Waals surface area (Å²) < 4.78 is -0.327. The van der Waals surface area contributed by atoms with Gasteiger partial charge in [0.25, 0.3) is 0 Å². The minimum atomic E-state index is -1.81. The van der Waals surface area contributed by atoms with Crippen molar-refractivity contribution in [3.05, 3.63) is 63.3 Å². The quantitative estimate of drug-likeness (QED) is 0.615. The van der Waals surface area contributed by atoms with Crippen molar-refractivity contribution in [2.24, 2.45) is 0 Å². The molecule has 0 amide bonds. The van der Waals surface area contributed by atoms with Crippen molar-refractivity contribution in [1.29, 1.82) is 0 Å². The third-order valence-corrected chi connectivity index (χ3v) is 3.95. The smallest absolute Gasteiger partial charge is 0.328 e. The van der Waals surface area contributed by atoms with Crippen LogP contribution in [0.3, 0.4) is 0 Å². The largest absolute Gasteiger partial charge is 0.352 e. The fourth-order valence-corrected chi connectivity index (χ4v) is 2.61. The number of aromatic amines is 1. The SMILES string of the molecule is O=c1[nH]c(=S)ccn1[C@H](NC(=S)c1ccccc1)C(Cl)(Cl)Cl. The van der Waals surface area contributed by atoms with Crippen molar-refractivity contribution in [3.63, 3.8) is 0 Å². The van der Waals surface area contributed by atoms with Crippen LogP contribution in [0.15, 0.2) is 47.4 Å². The summed E-state index contributed by atoms with van der Waals surface area (Å²) in [6.45, 7) is 0. The Balaban J connectivity index is 2.38. The number of nitrogens with one attached hydrogen (secondary N) is 2. The van der Waals surface area contributed by atoms with Gasteiger partial charge in [-0.1, -0.05) is 89.6 Å². The van der Waals surface area contributed by atoms with Crippen molar-refractivity contribution in [1.82, 2.24) is 14.9 Å². The first-order chi connectivity index (χ1) is 10.3. The van der Waals surface area contributed by atoms with Gasteiger partial charge < -0.3 is 5.32 Å². The van der Waals surface area contributed by atoms with E-state index in [0.29, 0.717) is 4.99 Å². The van der Waals surface area contributed by atoms with Gasteiger partial charge in [-0.3, -0.25) is 9.55 Å². The van der Waals surface area contributed by atoms with Gasteiger partial charge in [0.2, 0.25) is 3.79 Å². The Hall–Kier alpha value is -0.920. The molecule has 2 N–H and O–H groups in total. The minimum absolute atomic E-state index is 0.287. The van der Waals surface area contributed by atoms with Gasteiger partial charge in [-0.25, -0.2) is 4.79 Å². The summed E-state index contributed by atoms with van der Waals surface area (Å²) in [5.41, 5.74) is 0.237. The standard InChI is InChI=1S/C13H10Cl3N3OS2/c14-13(15,16)11(19-7-6-9(21)17-12(19)20)18-10(22)8-4-2-1-3-5-8/h1-7,11H,(H,18,22)(H,17,20,21)/t11-/m0/s1. The maximum Gasteiger partial charge on any atom is 0.328 e. The molecule has 0 aliphatic rings. The van der Waals surface area contributed by atoms with Crippen LogP contribution in [-0.2, 0) is 0 Å². The predicted molar refractivity (Wildman–Crippen MR) is 96.5 cm³/mol. The zero-order valence-electron chi connectivity index (χ0n) is 10.9. The van der Waals surface area contributed by atoms with Crippen molar-refractivity contribution in [2.75, 3.05) is 0 Å². The lowest BCUT2D eigenvalue weighted by atomic mass is 10.2. The molecule has 0 spiro atoms. The highest BCUT2D eigenvalue weighted by molar-refractivity contribution is 7.80. The molecule has 1 aromatic heterocycles. The number of halogens is 3. The van der Waals surface area contributed by atoms with E-state index in [4.69, 9.17) is 59.2 Å². The molecule has 0 saturated carbocycles. The fourth-order valence-electron chi connectivity index (χ4n) is 1.74. The summed E-state index contributed by atoms with van der Waals surface area (Å²) in [6.07, 6.45) is 0.443. The summed E-state index contributed by atoms with van der Waals surface area (Å²) in [4.78, 5) is 14.8. The number of rotatable bonds is 3. The number of benzene rings is 1. The van der Waals surface area contributed by atoms with Crippen LogP contribution < -0.4 is 11.0 Å². The summed E-state index contributed by atoms with van der Waals surface area (Å²) in [6, 6.07) is 10.7. The molecule has 0 radical (unpaired) electrons. The van der Waals surface area contributed by atoms with E-state index in [1.165, 1.54) is 16.8 Å². The van der Waals surface area contributed by atoms with E-state index in [-0.39, 0.29) is 4.64 Å². The average Bonchev–Trinajstić information content (AvgIpc) is 2.45. The van der Waals surface area contributed by atoms with E-state index in [1.54, 1.807) is 0 Å². The first kappa shape index (κ1) is 17.4. The second-order valence-electron chi connectivity index (χ2n) is 4.30. The van der Waals surface area contributed by atoms with Crippen LogP contribution in [-0.4, -0.2) is 18.3 Å². The van der Waals surface area contributed by atoms with Crippen LogP contribution in [0.1, 0.15) is 11.7 Å². The molecule has 0 aliphatic heterocycles. The molecule has 1 heterocycles. The molecule has 0 fully saturated rings. The minimum Gasteiger partial charge on any atom is -0.352 e. The normalized spacial score (nSPS) is 12.7. The maximum atomic E-state index is 12.0. The first-order valence-corrected chi connectivity index (χ1v) is 7.98. The van der Waals surface area contributed by atoms with E-state index in [9.17, 15) is 4.79 Å². The zero-order valence-corrected chi connectivity index (χ0v) is 14.8. The average molecular weight is 395 g/mol. The summed E-state index contributed by atoms with van der Waals surface area (Å²) in [5, 5.41) is 2.89. The van der Waals surface area contributed by atoms with Crippen LogP contribution in [0.2, 0.25) is 0 Å². The molecule has 116 valence electrons. The van der Waals surface area contributed by atoms with Crippen LogP contribution >= 0.6 is 59.2 Å². The van der Waals surface area contributed by atoms with Gasteiger partial charge >= 0.3 is 5.69 Å². The third-order valence-electron chi connectivity index (χ3n) is 2.74. The Labute approximate surface area is 152 Å². The highest BCUT2D eigenvalue weighted by Gasteiger charge is 2.35. The lowest BCUT2D eigenvalue weighted by Gasteiger charge is -2.28. The lowest BCUT2D eigenvalue weighted by molar-refractivity contribution is 0.457. The molecule has 1 aromatic carbocycles. The van der Waals surface area contributed by atoms with Gasteiger partial charge in [0.15, 0.2) is 6.17 Å². The Morgan fingerprint density at radius 2 is 1.86 bits per heavy atom. The van der Waals surface area contributed by atoms with Gasteiger partial charge in [0.05, 0.1) is 0 Å². The number of nitrogens with zero attached hydrogens (tertiary/aromatic N) is 1. The van der Waals surface area contributed by atoms with Crippen molar-refractivity contribution >= 4 is 64.2 Å². The number of alkyl halides is 3. The number of hydrogen-bond donors (Lipinski definition) is 2. The highest BCUT2D eigenvalue weighted by atomic mass is 35.6. The van der Waals surface area contributed by atoms with Gasteiger partial charge in [-0.2, -0.15) is 0 Å². The van der Waals surface area contributed by atoms with E-state index < -0.39 is 15.6 Å². The number of aromatic nitrogens is 2. The second-order valence-corrected chi connectivity index (χ2v) is 7.52. The lowest BCUT2D eigenvalue weighted by Crippen LogP contribution is -2.44. The number of hydrogen-bond acceptors (Lipinski definition) is 3. The molecular weight excluding hydrogens is 385 g/mol. The molecule has 22 heavy (non-hydrogen) atoms. The highest BCUT2D eigenvalue weighted by Crippen LogP contribution is 2.36. The third kappa shape index (κ3) is 4.30. The molecule has 0 unspecified atom stereocenters. The second kappa shape index (κ2) is 7.10. The Bertz CT molecular complexity index is 783. The molecule has 2 aromatic rings. The van der Waals surface area contributed by atoms with Crippen molar-refractivity contribution < 1.29 is 0 Å². The number of thiocarbonyl (C=S) groups is 1. The van der Waals surface area contributed by atoms with E-state index >= 15 is 0 Å². The van der Waals surface area contributed by atoms with Gasteiger partial charge in [0, 0.05) is 11.8 Å². The molecule has 2 rings (SSSR count). The molecule has 1 atom stereocenters. The van der Waals surface area contributed by atoms with E-state index in [1.807, 2.05) is 30.3 Å². The Morgan fingerprint density at radius 3 is 2.41 bits per heavy atom. The molecule has 0 aliphatic carbocycles. The van der Waals surface area contributed by atoms with E-state index in [2.05, 4.69) is 10.3 Å². The van der Waals surface area contributed by atoms with Crippen molar-refractivity contribution in [3.8, 4) is 0 Å². The topological polar surface area (TPSA) is 49.8 Å². The Morgan fingerprint density at radius 1 is 1.23 bits per heavy atom. The fraction of sp³-hybridized carbons (Fsp3) is 0.154. The Kier molecular flexibility index (Phi) is 5.63. The first-order valence-electron chi connectivity index (χ1n) is 6.03. The monoisotopic (exact) mass is 393 g/mol.